The van der Waals surface area contributed by atoms with Gasteiger partial charge in [-0.15, -0.1) is 11.3 Å². The van der Waals surface area contributed by atoms with E-state index in [0.717, 1.165) is 24.9 Å². The van der Waals surface area contributed by atoms with Crippen molar-refractivity contribution >= 4 is 27.3 Å². The fourth-order valence-corrected chi connectivity index (χ4v) is 3.34. The Balaban J connectivity index is 2.05. The summed E-state index contributed by atoms with van der Waals surface area (Å²) >= 11 is 5.03. The lowest BCUT2D eigenvalue weighted by Crippen LogP contribution is -2.32. The largest absolute Gasteiger partial charge is 0.314 e. The molecule has 2 aromatic rings. The maximum atomic E-state index is 13.2. The number of rotatable bonds is 6. The van der Waals surface area contributed by atoms with Crippen LogP contribution in [0.2, 0.25) is 0 Å². The molecule has 19 heavy (non-hydrogen) atoms. The number of hydrogen-bond donors (Lipinski definition) is 1. The minimum atomic E-state index is -0.206. The molecule has 0 fully saturated rings. The Bertz CT molecular complexity index is 513. The maximum Gasteiger partial charge on any atom is 0.137 e. The van der Waals surface area contributed by atoms with E-state index in [1.165, 1.54) is 10.9 Å². The third-order valence-electron chi connectivity index (χ3n) is 2.99. The van der Waals surface area contributed by atoms with E-state index in [4.69, 9.17) is 0 Å². The summed E-state index contributed by atoms with van der Waals surface area (Å²) < 4.78 is 13.8. The molecular weight excluding hydrogens is 325 g/mol. The van der Waals surface area contributed by atoms with Crippen molar-refractivity contribution in [1.82, 2.24) is 5.32 Å². The van der Waals surface area contributed by atoms with Crippen LogP contribution in [0.15, 0.2) is 40.2 Å². The van der Waals surface area contributed by atoms with Gasteiger partial charge >= 0.3 is 0 Å². The second-order valence-corrected chi connectivity index (χ2v) is 6.38. The summed E-state index contributed by atoms with van der Waals surface area (Å²) in [5, 5.41) is 5.61. The lowest BCUT2D eigenvalue weighted by atomic mass is 10.0. The zero-order chi connectivity index (χ0) is 13.7. The van der Waals surface area contributed by atoms with Gasteiger partial charge in [0.2, 0.25) is 0 Å². The summed E-state index contributed by atoms with van der Waals surface area (Å²) in [6.45, 7) is 3.06. The quantitative estimate of drug-likeness (QED) is 0.820. The van der Waals surface area contributed by atoms with Gasteiger partial charge in [-0.1, -0.05) is 19.1 Å². The maximum absolute atomic E-state index is 13.2. The van der Waals surface area contributed by atoms with E-state index >= 15 is 0 Å². The van der Waals surface area contributed by atoms with Crippen LogP contribution < -0.4 is 5.32 Å². The molecular formula is C15H17BrFNS. The van der Waals surface area contributed by atoms with Crippen LogP contribution in [0.1, 0.15) is 17.4 Å². The molecule has 1 aromatic carbocycles. The van der Waals surface area contributed by atoms with Crippen LogP contribution >= 0.6 is 27.3 Å². The first-order valence-corrected chi connectivity index (χ1v) is 8.06. The van der Waals surface area contributed by atoms with E-state index in [2.05, 4.69) is 45.7 Å². The molecule has 1 atom stereocenters. The molecule has 0 bridgehead atoms. The first kappa shape index (κ1) is 14.7. The van der Waals surface area contributed by atoms with Crippen molar-refractivity contribution in [1.29, 1.82) is 0 Å². The summed E-state index contributed by atoms with van der Waals surface area (Å²) in [5.41, 5.74) is 1.15. The molecule has 0 aliphatic heterocycles. The molecule has 1 nitrogen and oxygen atoms in total. The highest BCUT2D eigenvalue weighted by Gasteiger charge is 2.11. The highest BCUT2D eigenvalue weighted by atomic mass is 79.9. The third kappa shape index (κ3) is 4.41. The van der Waals surface area contributed by atoms with Gasteiger partial charge in [0.25, 0.3) is 0 Å². The fraction of sp³-hybridized carbons (Fsp3) is 0.333. The topological polar surface area (TPSA) is 12.0 Å². The van der Waals surface area contributed by atoms with Gasteiger partial charge in [-0.05, 0) is 64.5 Å². The number of hydrogen-bond acceptors (Lipinski definition) is 2. The van der Waals surface area contributed by atoms with Crippen molar-refractivity contribution < 1.29 is 4.39 Å². The molecule has 0 aliphatic carbocycles. The van der Waals surface area contributed by atoms with E-state index in [0.29, 0.717) is 10.5 Å². The average molecular weight is 342 g/mol. The van der Waals surface area contributed by atoms with Crippen LogP contribution in [0, 0.1) is 5.82 Å². The molecule has 2 rings (SSSR count). The SMILES string of the molecule is CCNC(Cc1ccc(F)c(Br)c1)Cc1cccs1. The monoisotopic (exact) mass is 341 g/mol. The number of nitrogens with one attached hydrogen (secondary N) is 1. The molecule has 4 heteroatoms. The van der Waals surface area contributed by atoms with Crippen molar-refractivity contribution in [2.24, 2.45) is 0 Å². The summed E-state index contributed by atoms with van der Waals surface area (Å²) in [6.07, 6.45) is 1.92. The number of thiophene rings is 1. The van der Waals surface area contributed by atoms with Gasteiger partial charge in [0, 0.05) is 10.9 Å². The molecule has 1 aromatic heterocycles. The Morgan fingerprint density at radius 3 is 2.79 bits per heavy atom. The fourth-order valence-electron chi connectivity index (χ4n) is 2.13. The van der Waals surface area contributed by atoms with Crippen molar-refractivity contribution in [3.05, 3.63) is 56.4 Å². The van der Waals surface area contributed by atoms with E-state index < -0.39 is 0 Å². The van der Waals surface area contributed by atoms with Crippen LogP contribution in [0.3, 0.4) is 0 Å². The van der Waals surface area contributed by atoms with Crippen molar-refractivity contribution in [2.75, 3.05) is 6.54 Å². The van der Waals surface area contributed by atoms with E-state index in [1.807, 2.05) is 12.1 Å². The molecule has 0 saturated carbocycles. The zero-order valence-electron chi connectivity index (χ0n) is 10.8. The second-order valence-electron chi connectivity index (χ2n) is 4.49. The molecule has 0 aliphatic rings. The van der Waals surface area contributed by atoms with Crippen LogP contribution in [0.25, 0.3) is 0 Å². The molecule has 0 saturated heterocycles. The molecule has 0 amide bonds. The number of benzene rings is 1. The highest BCUT2D eigenvalue weighted by molar-refractivity contribution is 9.10. The predicted molar refractivity (Wildman–Crippen MR) is 83.3 cm³/mol. The summed E-state index contributed by atoms with van der Waals surface area (Å²) in [7, 11) is 0. The van der Waals surface area contributed by atoms with E-state index in [1.54, 1.807) is 11.3 Å². The third-order valence-corrected chi connectivity index (χ3v) is 4.49. The molecule has 1 N–H and O–H groups in total. The summed E-state index contributed by atoms with van der Waals surface area (Å²) in [6, 6.07) is 9.88. The van der Waals surface area contributed by atoms with Gasteiger partial charge < -0.3 is 5.32 Å². The average Bonchev–Trinajstić information content (AvgIpc) is 2.87. The Morgan fingerprint density at radius 2 is 2.16 bits per heavy atom. The Labute approximate surface area is 126 Å². The Morgan fingerprint density at radius 1 is 1.32 bits per heavy atom. The van der Waals surface area contributed by atoms with Crippen LogP contribution in [-0.4, -0.2) is 12.6 Å². The van der Waals surface area contributed by atoms with Gasteiger partial charge in [0.15, 0.2) is 0 Å². The van der Waals surface area contributed by atoms with Gasteiger partial charge in [-0.3, -0.25) is 0 Å². The van der Waals surface area contributed by atoms with Crippen molar-refractivity contribution in [3.8, 4) is 0 Å². The van der Waals surface area contributed by atoms with E-state index in [-0.39, 0.29) is 5.82 Å². The predicted octanol–water partition coefficient (Wildman–Crippen LogP) is 4.41. The first-order chi connectivity index (χ1) is 9.19. The minimum absolute atomic E-state index is 0.206. The Kier molecular flexibility index (Phi) is 5.55. The zero-order valence-corrected chi connectivity index (χ0v) is 13.2. The number of halogens is 2. The van der Waals surface area contributed by atoms with Gasteiger partial charge in [0.05, 0.1) is 4.47 Å². The van der Waals surface area contributed by atoms with Crippen LogP contribution in [0.4, 0.5) is 4.39 Å². The molecule has 0 radical (unpaired) electrons. The molecule has 1 heterocycles. The van der Waals surface area contributed by atoms with Gasteiger partial charge in [-0.2, -0.15) is 0 Å². The molecule has 0 spiro atoms. The molecule has 102 valence electrons. The molecule has 1 unspecified atom stereocenters. The first-order valence-electron chi connectivity index (χ1n) is 6.38. The van der Waals surface area contributed by atoms with Gasteiger partial charge in [0.1, 0.15) is 5.82 Å². The lowest BCUT2D eigenvalue weighted by Gasteiger charge is -2.17. The smallest absolute Gasteiger partial charge is 0.137 e. The summed E-state index contributed by atoms with van der Waals surface area (Å²) in [4.78, 5) is 1.38. The van der Waals surface area contributed by atoms with Crippen molar-refractivity contribution in [3.63, 3.8) is 0 Å². The second kappa shape index (κ2) is 7.17. The minimum Gasteiger partial charge on any atom is -0.314 e. The van der Waals surface area contributed by atoms with Crippen molar-refractivity contribution in [2.45, 2.75) is 25.8 Å². The summed E-state index contributed by atoms with van der Waals surface area (Å²) in [5.74, 6) is -0.206. The van der Waals surface area contributed by atoms with E-state index in [9.17, 15) is 4.39 Å². The lowest BCUT2D eigenvalue weighted by molar-refractivity contribution is 0.523. The van der Waals surface area contributed by atoms with Gasteiger partial charge in [-0.25, -0.2) is 4.39 Å². The normalized spacial score (nSPS) is 12.6. The Hall–Kier alpha value is -0.710. The van der Waals surface area contributed by atoms with Crippen LogP contribution in [0.5, 0.6) is 0 Å². The standard InChI is InChI=1S/C15H17BrFNS/c1-2-18-12(10-13-4-3-7-19-13)8-11-5-6-15(17)14(16)9-11/h3-7,9,12,18H,2,8,10H2,1H3. The highest BCUT2D eigenvalue weighted by Crippen LogP contribution is 2.19. The van der Waals surface area contributed by atoms with Crippen LogP contribution in [-0.2, 0) is 12.8 Å². The number of likely N-dealkylation sites (N-methyl/N-ethyl adjacent to an activating group) is 1.